The van der Waals surface area contributed by atoms with Crippen LogP contribution in [0, 0.1) is 0 Å². The van der Waals surface area contributed by atoms with Crippen LogP contribution in [0.15, 0.2) is 24.3 Å². The van der Waals surface area contributed by atoms with Crippen LogP contribution in [-0.2, 0) is 4.74 Å². The number of carbonyl (C=O) groups excluding carboxylic acids is 3. The number of amides is 2. The van der Waals surface area contributed by atoms with Gasteiger partial charge in [0.15, 0.2) is 0 Å². The van der Waals surface area contributed by atoms with E-state index in [2.05, 4.69) is 10.6 Å². The maximum absolute atomic E-state index is 11.8. The normalized spacial score (nSPS) is 10.6. The summed E-state index contributed by atoms with van der Waals surface area (Å²) in [5.41, 5.74) is 0.286. The summed E-state index contributed by atoms with van der Waals surface area (Å²) in [4.78, 5) is 33.8. The molecule has 1 rings (SSSR count). The Bertz CT molecular complexity index is 521. The number of ether oxygens (including phenoxy) is 1. The molecule has 21 heavy (non-hydrogen) atoms. The van der Waals surface area contributed by atoms with Gasteiger partial charge in [0.05, 0.1) is 0 Å². The van der Waals surface area contributed by atoms with Crippen molar-refractivity contribution in [2.45, 2.75) is 26.4 Å². The van der Waals surface area contributed by atoms with E-state index in [1.165, 1.54) is 6.07 Å². The van der Waals surface area contributed by atoms with Crippen molar-refractivity contribution in [3.05, 3.63) is 35.4 Å². The van der Waals surface area contributed by atoms with Crippen molar-refractivity contribution in [2.24, 2.45) is 0 Å². The summed E-state index contributed by atoms with van der Waals surface area (Å²) in [6, 6.07) is 6.37. The molecule has 1 aromatic rings. The molecule has 2 N–H and O–H groups in total. The lowest BCUT2D eigenvalue weighted by molar-refractivity contribution is 0.0526. The number of alkyl carbamates (subject to hydrolysis) is 1. The van der Waals surface area contributed by atoms with E-state index in [4.69, 9.17) is 4.74 Å². The van der Waals surface area contributed by atoms with Gasteiger partial charge in [0.1, 0.15) is 11.9 Å². The molecule has 0 saturated carbocycles. The molecular weight excluding hydrogens is 272 g/mol. The van der Waals surface area contributed by atoms with Gasteiger partial charge >= 0.3 is 6.09 Å². The third-order valence-electron chi connectivity index (χ3n) is 2.36. The summed E-state index contributed by atoms with van der Waals surface area (Å²) in [5.74, 6) is -0.301. The lowest BCUT2D eigenvalue weighted by atomic mass is 10.1. The first-order valence-electron chi connectivity index (χ1n) is 6.62. The van der Waals surface area contributed by atoms with E-state index < -0.39 is 11.7 Å². The zero-order chi connectivity index (χ0) is 15.9. The van der Waals surface area contributed by atoms with Crippen molar-refractivity contribution in [1.29, 1.82) is 0 Å². The van der Waals surface area contributed by atoms with Gasteiger partial charge in [0.25, 0.3) is 5.91 Å². The molecule has 0 saturated heterocycles. The Hall–Kier alpha value is -2.37. The first kappa shape index (κ1) is 16.7. The average Bonchev–Trinajstić information content (AvgIpc) is 2.41. The molecule has 0 fully saturated rings. The molecule has 0 aliphatic rings. The fourth-order valence-electron chi connectivity index (χ4n) is 1.51. The Balaban J connectivity index is 2.34. The molecule has 0 atom stereocenters. The lowest BCUT2D eigenvalue weighted by Crippen LogP contribution is -2.37. The minimum atomic E-state index is -0.553. The van der Waals surface area contributed by atoms with Crippen molar-refractivity contribution in [3.8, 4) is 0 Å². The Morgan fingerprint density at radius 1 is 1.19 bits per heavy atom. The van der Waals surface area contributed by atoms with Crippen LogP contribution in [0.4, 0.5) is 4.79 Å². The number of benzene rings is 1. The minimum absolute atomic E-state index is 0.258. The number of hydrogen-bond donors (Lipinski definition) is 2. The second-order valence-electron chi connectivity index (χ2n) is 5.43. The van der Waals surface area contributed by atoms with Crippen molar-refractivity contribution in [2.75, 3.05) is 13.1 Å². The molecule has 0 aliphatic heterocycles. The molecule has 0 radical (unpaired) electrons. The van der Waals surface area contributed by atoms with E-state index in [0.717, 1.165) is 0 Å². The third-order valence-corrected chi connectivity index (χ3v) is 2.36. The molecule has 0 spiro atoms. The predicted molar refractivity (Wildman–Crippen MR) is 78.4 cm³/mol. The number of hydrogen-bond acceptors (Lipinski definition) is 4. The van der Waals surface area contributed by atoms with Gasteiger partial charge in [-0.25, -0.2) is 4.79 Å². The summed E-state index contributed by atoms with van der Waals surface area (Å²) in [7, 11) is 0. The van der Waals surface area contributed by atoms with Crippen molar-refractivity contribution in [3.63, 3.8) is 0 Å². The standard InChI is InChI=1S/C15H20N2O4/c1-15(2,3)21-14(20)17-8-7-16-13(19)12-6-4-5-11(9-12)10-18/h4-6,9-10H,7-8H2,1-3H3,(H,16,19)(H,17,20). The van der Waals surface area contributed by atoms with Gasteiger partial charge in [-0.15, -0.1) is 0 Å². The Labute approximate surface area is 123 Å². The van der Waals surface area contributed by atoms with Gasteiger partial charge in [0.2, 0.25) is 0 Å². The minimum Gasteiger partial charge on any atom is -0.444 e. The van der Waals surface area contributed by atoms with Crippen LogP contribution < -0.4 is 10.6 Å². The largest absolute Gasteiger partial charge is 0.444 e. The molecule has 0 aliphatic carbocycles. The Morgan fingerprint density at radius 2 is 1.86 bits per heavy atom. The zero-order valence-corrected chi connectivity index (χ0v) is 12.4. The van der Waals surface area contributed by atoms with E-state index in [1.54, 1.807) is 39.0 Å². The highest BCUT2D eigenvalue weighted by atomic mass is 16.6. The second-order valence-corrected chi connectivity index (χ2v) is 5.43. The maximum Gasteiger partial charge on any atom is 0.407 e. The highest BCUT2D eigenvalue weighted by molar-refractivity contribution is 5.95. The SMILES string of the molecule is CC(C)(C)OC(=O)NCCNC(=O)c1cccc(C=O)c1. The summed E-state index contributed by atoms with van der Waals surface area (Å²) in [6.45, 7) is 5.84. The first-order chi connectivity index (χ1) is 9.81. The smallest absolute Gasteiger partial charge is 0.407 e. The molecular formula is C15H20N2O4. The van der Waals surface area contributed by atoms with Gasteiger partial charge in [-0.2, -0.15) is 0 Å². The maximum atomic E-state index is 11.8. The fraction of sp³-hybridized carbons (Fsp3) is 0.400. The highest BCUT2D eigenvalue weighted by Crippen LogP contribution is 2.06. The van der Waals surface area contributed by atoms with Gasteiger partial charge in [-0.3, -0.25) is 9.59 Å². The molecule has 6 heteroatoms. The summed E-state index contributed by atoms with van der Waals surface area (Å²) in [5, 5.41) is 5.18. The van der Waals surface area contributed by atoms with Crippen LogP contribution in [0.1, 0.15) is 41.5 Å². The number of aldehydes is 1. The molecule has 1 aromatic carbocycles. The van der Waals surface area contributed by atoms with E-state index in [1.807, 2.05) is 0 Å². The zero-order valence-electron chi connectivity index (χ0n) is 12.4. The molecule has 0 bridgehead atoms. The molecule has 6 nitrogen and oxygen atoms in total. The quantitative estimate of drug-likeness (QED) is 0.639. The second kappa shape index (κ2) is 7.42. The summed E-state index contributed by atoms with van der Waals surface area (Å²) in [6.07, 6.45) is 0.153. The number of nitrogens with one attached hydrogen (secondary N) is 2. The first-order valence-corrected chi connectivity index (χ1v) is 6.62. The van der Waals surface area contributed by atoms with Gasteiger partial charge in [-0.1, -0.05) is 12.1 Å². The van der Waals surface area contributed by atoms with Crippen molar-refractivity contribution in [1.82, 2.24) is 10.6 Å². The number of rotatable bonds is 5. The Morgan fingerprint density at radius 3 is 2.48 bits per heavy atom. The van der Waals surface area contributed by atoms with Crippen LogP contribution >= 0.6 is 0 Å². The fourth-order valence-corrected chi connectivity index (χ4v) is 1.51. The van der Waals surface area contributed by atoms with Crippen LogP contribution in [0.3, 0.4) is 0 Å². The summed E-state index contributed by atoms with van der Waals surface area (Å²) >= 11 is 0. The van der Waals surface area contributed by atoms with E-state index in [9.17, 15) is 14.4 Å². The topological polar surface area (TPSA) is 84.5 Å². The van der Waals surface area contributed by atoms with E-state index in [0.29, 0.717) is 17.4 Å². The van der Waals surface area contributed by atoms with Crippen LogP contribution in [0.25, 0.3) is 0 Å². The number of carbonyl (C=O) groups is 3. The average molecular weight is 292 g/mol. The van der Waals surface area contributed by atoms with Crippen molar-refractivity contribution < 1.29 is 19.1 Å². The van der Waals surface area contributed by atoms with Gasteiger partial charge in [-0.05, 0) is 32.9 Å². The molecule has 114 valence electrons. The lowest BCUT2D eigenvalue weighted by Gasteiger charge is -2.19. The monoisotopic (exact) mass is 292 g/mol. The molecule has 0 aromatic heterocycles. The predicted octanol–water partition coefficient (Wildman–Crippen LogP) is 1.75. The van der Waals surface area contributed by atoms with Crippen LogP contribution in [0.5, 0.6) is 0 Å². The van der Waals surface area contributed by atoms with Gasteiger partial charge < -0.3 is 15.4 Å². The van der Waals surface area contributed by atoms with Crippen molar-refractivity contribution >= 4 is 18.3 Å². The van der Waals surface area contributed by atoms with E-state index >= 15 is 0 Å². The summed E-state index contributed by atoms with van der Waals surface area (Å²) < 4.78 is 5.06. The third kappa shape index (κ3) is 6.56. The van der Waals surface area contributed by atoms with Crippen LogP contribution in [-0.4, -0.2) is 37.0 Å². The van der Waals surface area contributed by atoms with Gasteiger partial charge in [0, 0.05) is 24.2 Å². The molecule has 0 heterocycles. The van der Waals surface area contributed by atoms with Crippen LogP contribution in [0.2, 0.25) is 0 Å². The molecule has 0 unspecified atom stereocenters. The highest BCUT2D eigenvalue weighted by Gasteiger charge is 2.15. The molecule has 2 amide bonds. The Kier molecular flexibility index (Phi) is 5.90. The van der Waals surface area contributed by atoms with E-state index in [-0.39, 0.29) is 19.0 Å².